The summed E-state index contributed by atoms with van der Waals surface area (Å²) in [5, 5.41) is 23.7. The Morgan fingerprint density at radius 1 is 1.33 bits per heavy atom. The van der Waals surface area contributed by atoms with Gasteiger partial charge in [0.15, 0.2) is 0 Å². The number of carbonyl (C=O) groups is 1. The summed E-state index contributed by atoms with van der Waals surface area (Å²) in [6.07, 6.45) is 3.01. The highest BCUT2D eigenvalue weighted by atomic mass is 16.6. The quantitative estimate of drug-likeness (QED) is 0.640. The zero-order chi connectivity index (χ0) is 15.0. The average Bonchev–Trinajstić information content (AvgIpc) is 3.05. The Hall–Kier alpha value is -1.95. The molecule has 21 heavy (non-hydrogen) atoms. The second-order valence-electron chi connectivity index (χ2n) is 5.99. The Morgan fingerprint density at radius 3 is 2.76 bits per heavy atom. The summed E-state index contributed by atoms with van der Waals surface area (Å²) in [4.78, 5) is 22.0. The van der Waals surface area contributed by atoms with Gasteiger partial charge >= 0.3 is 5.97 Å². The predicted molar refractivity (Wildman–Crippen MR) is 75.7 cm³/mol. The molecule has 0 amide bonds. The van der Waals surface area contributed by atoms with Crippen LogP contribution in [0.5, 0.6) is 0 Å². The molecule has 1 aromatic rings. The molecule has 1 aromatic carbocycles. The SMILES string of the molecule is O=C(O)C1C2CCC(C2)C1NCc1ccccc1[N+](=O)[O-]. The second kappa shape index (κ2) is 5.44. The molecule has 0 spiro atoms. The van der Waals surface area contributed by atoms with Gasteiger partial charge in [0.2, 0.25) is 0 Å². The number of nitrogens with one attached hydrogen (secondary N) is 1. The second-order valence-corrected chi connectivity index (χ2v) is 5.99. The van der Waals surface area contributed by atoms with Crippen molar-refractivity contribution in [2.75, 3.05) is 0 Å². The Bertz CT molecular complexity index is 575. The maximum absolute atomic E-state index is 11.4. The van der Waals surface area contributed by atoms with Gasteiger partial charge in [-0.25, -0.2) is 0 Å². The van der Waals surface area contributed by atoms with Crippen LogP contribution in [0, 0.1) is 27.9 Å². The molecule has 0 aromatic heterocycles. The minimum Gasteiger partial charge on any atom is -0.481 e. The molecule has 2 aliphatic carbocycles. The van der Waals surface area contributed by atoms with E-state index in [9.17, 15) is 20.0 Å². The van der Waals surface area contributed by atoms with Crippen LogP contribution in [-0.4, -0.2) is 22.0 Å². The van der Waals surface area contributed by atoms with E-state index in [4.69, 9.17) is 0 Å². The lowest BCUT2D eigenvalue weighted by Crippen LogP contribution is -2.43. The third kappa shape index (κ3) is 2.51. The van der Waals surface area contributed by atoms with Gasteiger partial charge in [0.05, 0.1) is 10.8 Å². The van der Waals surface area contributed by atoms with E-state index in [2.05, 4.69) is 5.32 Å². The lowest BCUT2D eigenvalue weighted by atomic mass is 9.84. The van der Waals surface area contributed by atoms with E-state index in [-0.39, 0.29) is 23.6 Å². The van der Waals surface area contributed by atoms with E-state index in [1.54, 1.807) is 18.2 Å². The number of para-hydroxylation sites is 1. The van der Waals surface area contributed by atoms with Crippen LogP contribution in [0.15, 0.2) is 24.3 Å². The van der Waals surface area contributed by atoms with Crippen molar-refractivity contribution in [3.05, 3.63) is 39.9 Å². The molecule has 0 aliphatic heterocycles. The normalized spacial score (nSPS) is 30.5. The van der Waals surface area contributed by atoms with Gasteiger partial charge < -0.3 is 10.4 Å². The average molecular weight is 290 g/mol. The van der Waals surface area contributed by atoms with Gasteiger partial charge in [-0.2, -0.15) is 0 Å². The molecular weight excluding hydrogens is 272 g/mol. The van der Waals surface area contributed by atoms with E-state index in [0.29, 0.717) is 18.0 Å². The summed E-state index contributed by atoms with van der Waals surface area (Å²) >= 11 is 0. The number of fused-ring (bicyclic) bond motifs is 2. The van der Waals surface area contributed by atoms with Gasteiger partial charge in [-0.15, -0.1) is 0 Å². The molecule has 0 heterocycles. The number of carboxylic acid groups (broad SMARTS) is 1. The molecule has 0 radical (unpaired) electrons. The van der Waals surface area contributed by atoms with Crippen LogP contribution in [0.25, 0.3) is 0 Å². The number of rotatable bonds is 5. The highest BCUT2D eigenvalue weighted by Crippen LogP contribution is 2.48. The van der Waals surface area contributed by atoms with E-state index in [1.165, 1.54) is 6.07 Å². The molecule has 4 atom stereocenters. The number of benzene rings is 1. The van der Waals surface area contributed by atoms with E-state index in [1.807, 2.05) is 0 Å². The summed E-state index contributed by atoms with van der Waals surface area (Å²) in [5.41, 5.74) is 0.689. The Labute approximate surface area is 122 Å². The fraction of sp³-hybridized carbons (Fsp3) is 0.533. The van der Waals surface area contributed by atoms with Crippen LogP contribution < -0.4 is 5.32 Å². The van der Waals surface area contributed by atoms with Gasteiger partial charge in [0.1, 0.15) is 0 Å². The zero-order valence-electron chi connectivity index (χ0n) is 11.6. The third-order valence-electron chi connectivity index (χ3n) is 4.92. The lowest BCUT2D eigenvalue weighted by molar-refractivity contribution is -0.385. The fourth-order valence-electron chi connectivity index (χ4n) is 4.01. The first-order valence-electron chi connectivity index (χ1n) is 7.26. The van der Waals surface area contributed by atoms with Crippen LogP contribution in [0.4, 0.5) is 5.69 Å². The van der Waals surface area contributed by atoms with Crippen molar-refractivity contribution in [1.29, 1.82) is 0 Å². The summed E-state index contributed by atoms with van der Waals surface area (Å²) < 4.78 is 0. The van der Waals surface area contributed by atoms with Crippen molar-refractivity contribution in [2.45, 2.75) is 31.8 Å². The number of nitro benzene ring substituents is 1. The van der Waals surface area contributed by atoms with Crippen molar-refractivity contribution >= 4 is 11.7 Å². The highest BCUT2D eigenvalue weighted by molar-refractivity contribution is 5.72. The van der Waals surface area contributed by atoms with Crippen LogP contribution in [0.3, 0.4) is 0 Å². The standard InChI is InChI=1S/C15H18N2O4/c18-15(19)13-9-5-6-10(7-9)14(13)16-8-11-3-1-2-4-12(11)17(20)21/h1-4,9-10,13-14,16H,5-8H2,(H,18,19). The molecule has 2 saturated carbocycles. The third-order valence-corrected chi connectivity index (χ3v) is 4.92. The molecule has 4 unspecified atom stereocenters. The summed E-state index contributed by atoms with van der Waals surface area (Å²) in [6, 6.07) is 6.53. The first-order chi connectivity index (χ1) is 10.1. The van der Waals surface area contributed by atoms with E-state index in [0.717, 1.165) is 19.3 Å². The van der Waals surface area contributed by atoms with Gasteiger partial charge in [-0.3, -0.25) is 14.9 Å². The van der Waals surface area contributed by atoms with E-state index >= 15 is 0 Å². The number of hydrogen-bond acceptors (Lipinski definition) is 4. The molecule has 6 nitrogen and oxygen atoms in total. The van der Waals surface area contributed by atoms with E-state index < -0.39 is 10.9 Å². The van der Waals surface area contributed by atoms with Crippen molar-refractivity contribution in [1.82, 2.24) is 5.32 Å². The zero-order valence-corrected chi connectivity index (χ0v) is 11.6. The van der Waals surface area contributed by atoms with Crippen molar-refractivity contribution in [3.63, 3.8) is 0 Å². The van der Waals surface area contributed by atoms with Gasteiger partial charge in [-0.05, 0) is 31.1 Å². The largest absolute Gasteiger partial charge is 0.481 e. The van der Waals surface area contributed by atoms with Gasteiger partial charge in [0, 0.05) is 24.2 Å². The number of nitrogens with zero attached hydrogens (tertiary/aromatic N) is 1. The molecule has 2 aliphatic rings. The maximum atomic E-state index is 11.4. The summed E-state index contributed by atoms with van der Waals surface area (Å²) in [5.74, 6) is -0.455. The number of carboxylic acids is 1. The first-order valence-corrected chi connectivity index (χ1v) is 7.26. The van der Waals surface area contributed by atoms with Crippen LogP contribution in [-0.2, 0) is 11.3 Å². The number of hydrogen-bond donors (Lipinski definition) is 2. The van der Waals surface area contributed by atoms with Crippen LogP contribution in [0.1, 0.15) is 24.8 Å². The summed E-state index contributed by atoms with van der Waals surface area (Å²) in [7, 11) is 0. The summed E-state index contributed by atoms with van der Waals surface area (Å²) in [6.45, 7) is 0.342. The monoisotopic (exact) mass is 290 g/mol. The Balaban J connectivity index is 1.73. The molecular formula is C15H18N2O4. The Morgan fingerprint density at radius 2 is 2.05 bits per heavy atom. The van der Waals surface area contributed by atoms with Gasteiger partial charge in [0.25, 0.3) is 5.69 Å². The van der Waals surface area contributed by atoms with Crippen molar-refractivity contribution < 1.29 is 14.8 Å². The van der Waals surface area contributed by atoms with Crippen molar-refractivity contribution in [3.8, 4) is 0 Å². The van der Waals surface area contributed by atoms with Crippen LogP contribution >= 0.6 is 0 Å². The lowest BCUT2D eigenvalue weighted by Gasteiger charge is -2.29. The highest BCUT2D eigenvalue weighted by Gasteiger charge is 2.50. The molecule has 2 bridgehead atoms. The molecule has 2 N–H and O–H groups in total. The first kappa shape index (κ1) is 14.0. The number of nitro groups is 1. The topological polar surface area (TPSA) is 92.5 Å². The molecule has 2 fully saturated rings. The minimum absolute atomic E-state index is 0.0685. The maximum Gasteiger partial charge on any atom is 0.308 e. The smallest absolute Gasteiger partial charge is 0.308 e. The molecule has 3 rings (SSSR count). The van der Waals surface area contributed by atoms with Crippen LogP contribution in [0.2, 0.25) is 0 Å². The Kier molecular flexibility index (Phi) is 3.63. The fourth-order valence-corrected chi connectivity index (χ4v) is 4.01. The molecule has 6 heteroatoms. The number of aliphatic carboxylic acids is 1. The van der Waals surface area contributed by atoms with Gasteiger partial charge in [-0.1, -0.05) is 18.2 Å². The molecule has 112 valence electrons. The molecule has 0 saturated heterocycles. The van der Waals surface area contributed by atoms with Crippen molar-refractivity contribution in [2.24, 2.45) is 17.8 Å². The minimum atomic E-state index is -0.748. The predicted octanol–water partition coefficient (Wildman–Crippen LogP) is 2.18.